The van der Waals surface area contributed by atoms with Crippen LogP contribution in [0, 0.1) is 4.77 Å². The van der Waals surface area contributed by atoms with Crippen LogP contribution in [0.4, 0.5) is 0 Å². The number of aromatic amines is 1. The van der Waals surface area contributed by atoms with Gasteiger partial charge < -0.3 is 9.47 Å². The van der Waals surface area contributed by atoms with Crippen molar-refractivity contribution in [2.24, 2.45) is 5.10 Å². The van der Waals surface area contributed by atoms with Crippen LogP contribution >= 0.6 is 23.8 Å². The highest BCUT2D eigenvalue weighted by molar-refractivity contribution is 7.71. The molecule has 1 N–H and O–H groups in total. The van der Waals surface area contributed by atoms with Gasteiger partial charge in [-0.15, -0.1) is 0 Å². The van der Waals surface area contributed by atoms with Crippen molar-refractivity contribution in [1.82, 2.24) is 14.9 Å². The zero-order valence-corrected chi connectivity index (χ0v) is 13.8. The molecule has 0 radical (unpaired) electrons. The quantitative estimate of drug-likeness (QED) is 0.570. The summed E-state index contributed by atoms with van der Waals surface area (Å²) in [5.41, 5.74) is 1.60. The van der Waals surface area contributed by atoms with Crippen LogP contribution in [0.25, 0.3) is 11.4 Å². The number of fused-ring (bicyclic) bond motifs is 1. The molecule has 0 saturated carbocycles. The van der Waals surface area contributed by atoms with Crippen LogP contribution in [0.15, 0.2) is 47.6 Å². The summed E-state index contributed by atoms with van der Waals surface area (Å²) in [6, 6.07) is 13.0. The Morgan fingerprint density at radius 3 is 2.92 bits per heavy atom. The minimum Gasteiger partial charge on any atom is -0.454 e. The van der Waals surface area contributed by atoms with Crippen LogP contribution in [0.2, 0.25) is 5.02 Å². The Bertz CT molecular complexity index is 996. The summed E-state index contributed by atoms with van der Waals surface area (Å²) in [4.78, 5) is 0. The highest BCUT2D eigenvalue weighted by atomic mass is 35.5. The van der Waals surface area contributed by atoms with Gasteiger partial charge in [0, 0.05) is 5.56 Å². The van der Waals surface area contributed by atoms with E-state index in [1.807, 2.05) is 36.4 Å². The first kappa shape index (κ1) is 14.9. The molecule has 3 aromatic rings. The molecule has 0 fully saturated rings. The van der Waals surface area contributed by atoms with Crippen molar-refractivity contribution in [3.63, 3.8) is 0 Å². The predicted octanol–water partition coefficient (Wildman–Crippen LogP) is 3.87. The first-order valence-electron chi connectivity index (χ1n) is 7.09. The Kier molecular flexibility index (Phi) is 3.79. The smallest absolute Gasteiger partial charge is 0.231 e. The Morgan fingerprint density at radius 1 is 1.21 bits per heavy atom. The molecule has 120 valence electrons. The van der Waals surface area contributed by atoms with Gasteiger partial charge in [0.1, 0.15) is 0 Å². The summed E-state index contributed by atoms with van der Waals surface area (Å²) >= 11 is 11.5. The highest BCUT2D eigenvalue weighted by Gasteiger charge is 2.13. The lowest BCUT2D eigenvalue weighted by atomic mass is 10.2. The lowest BCUT2D eigenvalue weighted by molar-refractivity contribution is 0.174. The number of nitrogens with one attached hydrogen (secondary N) is 1. The molecule has 24 heavy (non-hydrogen) atoms. The largest absolute Gasteiger partial charge is 0.454 e. The van der Waals surface area contributed by atoms with E-state index in [2.05, 4.69) is 15.3 Å². The van der Waals surface area contributed by atoms with Crippen LogP contribution in [-0.2, 0) is 0 Å². The van der Waals surface area contributed by atoms with Crippen LogP contribution in [-0.4, -0.2) is 27.9 Å². The van der Waals surface area contributed by atoms with Gasteiger partial charge in [0.2, 0.25) is 11.6 Å². The molecule has 0 bridgehead atoms. The molecule has 2 aromatic carbocycles. The Balaban J connectivity index is 1.72. The number of hydrogen-bond donors (Lipinski definition) is 1. The summed E-state index contributed by atoms with van der Waals surface area (Å²) in [5.74, 6) is 1.97. The molecule has 2 heterocycles. The maximum absolute atomic E-state index is 6.24. The van der Waals surface area contributed by atoms with Crippen molar-refractivity contribution in [2.45, 2.75) is 0 Å². The fourth-order valence-corrected chi connectivity index (χ4v) is 2.73. The molecule has 0 atom stereocenters. The van der Waals surface area contributed by atoms with E-state index in [1.165, 1.54) is 4.68 Å². The number of hydrogen-bond acceptors (Lipinski definition) is 5. The third-order valence-corrected chi connectivity index (χ3v) is 4.08. The second kappa shape index (κ2) is 6.10. The molecule has 4 rings (SSSR count). The number of aromatic nitrogens is 3. The maximum Gasteiger partial charge on any atom is 0.231 e. The van der Waals surface area contributed by atoms with Gasteiger partial charge in [-0.2, -0.15) is 14.9 Å². The summed E-state index contributed by atoms with van der Waals surface area (Å²) in [6.45, 7) is 0.235. The van der Waals surface area contributed by atoms with E-state index < -0.39 is 0 Å². The van der Waals surface area contributed by atoms with Crippen molar-refractivity contribution >= 4 is 30.0 Å². The van der Waals surface area contributed by atoms with Crippen molar-refractivity contribution in [1.29, 1.82) is 0 Å². The van der Waals surface area contributed by atoms with Crippen LogP contribution in [0.5, 0.6) is 11.5 Å². The van der Waals surface area contributed by atoms with E-state index >= 15 is 0 Å². The van der Waals surface area contributed by atoms with Crippen LogP contribution in [0.3, 0.4) is 0 Å². The average molecular weight is 359 g/mol. The van der Waals surface area contributed by atoms with Gasteiger partial charge >= 0.3 is 0 Å². The normalized spacial score (nSPS) is 12.9. The third-order valence-electron chi connectivity index (χ3n) is 3.48. The summed E-state index contributed by atoms with van der Waals surface area (Å²) < 4.78 is 12.6. The molecule has 1 aromatic heterocycles. The number of halogens is 1. The summed E-state index contributed by atoms with van der Waals surface area (Å²) in [5, 5.41) is 12.0. The zero-order valence-electron chi connectivity index (χ0n) is 12.3. The van der Waals surface area contributed by atoms with Gasteiger partial charge in [0.25, 0.3) is 0 Å². The molecule has 1 aliphatic heterocycles. The lowest BCUT2D eigenvalue weighted by Gasteiger charge is -2.03. The number of rotatable bonds is 3. The standard InChI is InChI=1S/C16H11ClN4O2S/c17-12-4-2-1-3-11(12)15-19-20-16(24)21(15)18-8-10-5-6-13-14(7-10)23-9-22-13/h1-8H,9H2,(H,20,24). The molecule has 1 aliphatic rings. The Hall–Kier alpha value is -2.64. The van der Waals surface area contributed by atoms with Crippen molar-refractivity contribution < 1.29 is 9.47 Å². The van der Waals surface area contributed by atoms with E-state index in [-0.39, 0.29) is 6.79 Å². The predicted molar refractivity (Wildman–Crippen MR) is 93.4 cm³/mol. The van der Waals surface area contributed by atoms with Gasteiger partial charge in [-0.1, -0.05) is 23.7 Å². The molecule has 6 nitrogen and oxygen atoms in total. The number of ether oxygens (including phenoxy) is 2. The van der Waals surface area contributed by atoms with Gasteiger partial charge in [-0.05, 0) is 48.1 Å². The summed E-state index contributed by atoms with van der Waals surface area (Å²) in [6.07, 6.45) is 1.67. The van der Waals surface area contributed by atoms with Crippen LogP contribution < -0.4 is 9.47 Å². The monoisotopic (exact) mass is 358 g/mol. The number of benzene rings is 2. The van der Waals surface area contributed by atoms with Crippen molar-refractivity contribution in [2.75, 3.05) is 6.79 Å². The third kappa shape index (κ3) is 2.68. The second-order valence-corrected chi connectivity index (χ2v) is 5.80. The topological polar surface area (TPSA) is 64.4 Å². The van der Waals surface area contributed by atoms with E-state index in [0.717, 1.165) is 16.9 Å². The lowest BCUT2D eigenvalue weighted by Crippen LogP contribution is -1.95. The van der Waals surface area contributed by atoms with Gasteiger partial charge in [0.15, 0.2) is 17.3 Å². The van der Waals surface area contributed by atoms with E-state index in [1.54, 1.807) is 12.3 Å². The fraction of sp³-hybridized carbons (Fsp3) is 0.0625. The zero-order chi connectivity index (χ0) is 16.5. The van der Waals surface area contributed by atoms with E-state index in [9.17, 15) is 0 Å². The average Bonchev–Trinajstić information content (AvgIpc) is 3.19. The first-order chi connectivity index (χ1) is 11.7. The minimum absolute atomic E-state index is 0.235. The van der Waals surface area contributed by atoms with E-state index in [4.69, 9.17) is 33.3 Å². The molecule has 0 saturated heterocycles. The molecular weight excluding hydrogens is 348 g/mol. The molecule has 0 amide bonds. The molecule has 0 unspecified atom stereocenters. The van der Waals surface area contributed by atoms with Crippen molar-refractivity contribution in [3.05, 3.63) is 57.8 Å². The van der Waals surface area contributed by atoms with Gasteiger partial charge in [0.05, 0.1) is 11.2 Å². The van der Waals surface area contributed by atoms with Crippen LogP contribution in [0.1, 0.15) is 5.56 Å². The van der Waals surface area contributed by atoms with E-state index in [0.29, 0.717) is 21.4 Å². The highest BCUT2D eigenvalue weighted by Crippen LogP contribution is 2.32. The van der Waals surface area contributed by atoms with Gasteiger partial charge in [-0.25, -0.2) is 5.10 Å². The SMILES string of the molecule is S=c1[nH]nc(-c2ccccc2Cl)n1N=Cc1ccc2c(c1)OCO2. The Labute approximate surface area is 147 Å². The molecule has 0 aliphatic carbocycles. The Morgan fingerprint density at radius 2 is 2.04 bits per heavy atom. The number of nitrogens with zero attached hydrogens (tertiary/aromatic N) is 3. The summed E-state index contributed by atoms with van der Waals surface area (Å²) in [7, 11) is 0. The second-order valence-electron chi connectivity index (χ2n) is 5.00. The molecule has 8 heteroatoms. The molecule has 0 spiro atoms. The molecular formula is C16H11ClN4O2S. The first-order valence-corrected chi connectivity index (χ1v) is 7.87. The van der Waals surface area contributed by atoms with Gasteiger partial charge in [-0.3, -0.25) is 0 Å². The van der Waals surface area contributed by atoms with Crippen molar-refractivity contribution in [3.8, 4) is 22.9 Å². The minimum atomic E-state index is 0.235. The maximum atomic E-state index is 6.24. The number of H-pyrrole nitrogens is 1. The fourth-order valence-electron chi connectivity index (χ4n) is 2.33.